The summed E-state index contributed by atoms with van der Waals surface area (Å²) in [6.45, 7) is 0. The zero-order valence-corrected chi connectivity index (χ0v) is 11.6. The van der Waals surface area contributed by atoms with Crippen molar-refractivity contribution in [2.45, 2.75) is 6.04 Å². The first kappa shape index (κ1) is 15.2. The lowest BCUT2D eigenvalue weighted by Crippen LogP contribution is -2.38. The maximum absolute atomic E-state index is 11.7. The summed E-state index contributed by atoms with van der Waals surface area (Å²) in [4.78, 5) is 23.0. The quantitative estimate of drug-likeness (QED) is 0.583. The van der Waals surface area contributed by atoms with Gasteiger partial charge in [0.25, 0.3) is 0 Å². The van der Waals surface area contributed by atoms with Crippen LogP contribution in [-0.2, 0) is 4.79 Å². The van der Waals surface area contributed by atoms with Gasteiger partial charge < -0.3 is 10.4 Å². The summed E-state index contributed by atoms with van der Waals surface area (Å²) in [5.41, 5.74) is 3.55. The van der Waals surface area contributed by atoms with Crippen LogP contribution in [0.3, 0.4) is 0 Å². The third-order valence-corrected chi connectivity index (χ3v) is 2.83. The first-order chi connectivity index (χ1) is 10.7. The molecule has 2 aromatic rings. The first-order valence-electron chi connectivity index (χ1n) is 6.59. The molecule has 3 N–H and O–H groups in total. The maximum atomic E-state index is 11.7. The number of carbonyl (C=O) groups excluding carboxylic acids is 1. The second kappa shape index (κ2) is 7.58. The number of rotatable bonds is 5. The minimum atomic E-state index is -1.15. The van der Waals surface area contributed by atoms with Crippen LogP contribution in [0.15, 0.2) is 65.8 Å². The Morgan fingerprint density at radius 1 is 1.00 bits per heavy atom. The van der Waals surface area contributed by atoms with E-state index in [9.17, 15) is 14.7 Å². The summed E-state index contributed by atoms with van der Waals surface area (Å²) in [6.07, 6.45) is 1.47. The minimum absolute atomic E-state index is 0.484. The molecule has 2 aromatic carbocycles. The van der Waals surface area contributed by atoms with Gasteiger partial charge in [0.05, 0.1) is 6.21 Å². The van der Waals surface area contributed by atoms with E-state index in [-0.39, 0.29) is 0 Å². The van der Waals surface area contributed by atoms with E-state index in [1.54, 1.807) is 30.3 Å². The predicted octanol–water partition coefficient (Wildman–Crippen LogP) is 2.15. The normalized spacial score (nSPS) is 11.8. The van der Waals surface area contributed by atoms with Gasteiger partial charge in [-0.05, 0) is 11.1 Å². The third kappa shape index (κ3) is 4.45. The number of benzene rings is 2. The topological polar surface area (TPSA) is 90.8 Å². The Kier molecular flexibility index (Phi) is 5.25. The van der Waals surface area contributed by atoms with Crippen molar-refractivity contribution >= 4 is 18.2 Å². The zero-order valence-electron chi connectivity index (χ0n) is 11.6. The van der Waals surface area contributed by atoms with Crippen LogP contribution in [0, 0.1) is 0 Å². The molecular weight excluding hydrogens is 282 g/mol. The summed E-state index contributed by atoms with van der Waals surface area (Å²) in [5, 5.41) is 15.3. The smallest absolute Gasteiger partial charge is 0.336 e. The molecule has 0 aromatic heterocycles. The standard InChI is InChI=1S/C16H15N3O3/c20-15(21)14(13-9-5-2-6-10-13)18-16(22)19-17-11-12-7-3-1-4-8-12/h1-11,14H,(H,20,21)(H2,18,19,22)/t14-/m1/s1. The fourth-order valence-electron chi connectivity index (χ4n) is 1.80. The van der Waals surface area contributed by atoms with Crippen molar-refractivity contribution in [3.05, 3.63) is 71.8 Å². The van der Waals surface area contributed by atoms with E-state index in [1.807, 2.05) is 30.3 Å². The Hall–Kier alpha value is -3.15. The molecule has 0 aliphatic carbocycles. The van der Waals surface area contributed by atoms with E-state index < -0.39 is 18.0 Å². The second-order valence-corrected chi connectivity index (χ2v) is 4.44. The molecule has 0 heterocycles. The largest absolute Gasteiger partial charge is 0.479 e. The summed E-state index contributed by atoms with van der Waals surface area (Å²) in [7, 11) is 0. The fraction of sp³-hybridized carbons (Fsp3) is 0.0625. The monoisotopic (exact) mass is 297 g/mol. The summed E-state index contributed by atoms with van der Waals surface area (Å²) >= 11 is 0. The molecule has 6 nitrogen and oxygen atoms in total. The van der Waals surface area contributed by atoms with Crippen LogP contribution in [0.5, 0.6) is 0 Å². The molecule has 1 atom stereocenters. The van der Waals surface area contributed by atoms with Gasteiger partial charge in [-0.1, -0.05) is 60.7 Å². The van der Waals surface area contributed by atoms with Crippen molar-refractivity contribution < 1.29 is 14.7 Å². The first-order valence-corrected chi connectivity index (χ1v) is 6.59. The lowest BCUT2D eigenvalue weighted by Gasteiger charge is -2.14. The number of hydrazone groups is 1. The van der Waals surface area contributed by atoms with E-state index in [0.717, 1.165) is 5.56 Å². The molecule has 0 spiro atoms. The van der Waals surface area contributed by atoms with Crippen molar-refractivity contribution in [2.75, 3.05) is 0 Å². The number of urea groups is 1. The highest BCUT2D eigenvalue weighted by atomic mass is 16.4. The van der Waals surface area contributed by atoms with Crippen molar-refractivity contribution in [1.82, 2.24) is 10.7 Å². The SMILES string of the molecule is O=C(NN=Cc1ccccc1)N[C@@H](C(=O)O)c1ccccc1. The Bertz CT molecular complexity index is 657. The van der Waals surface area contributed by atoms with Crippen molar-refractivity contribution in [3.63, 3.8) is 0 Å². The van der Waals surface area contributed by atoms with Crippen LogP contribution < -0.4 is 10.7 Å². The van der Waals surface area contributed by atoms with E-state index >= 15 is 0 Å². The number of hydrogen-bond donors (Lipinski definition) is 3. The van der Waals surface area contributed by atoms with Crippen LogP contribution in [-0.4, -0.2) is 23.3 Å². The van der Waals surface area contributed by atoms with Crippen LogP contribution in [0.4, 0.5) is 4.79 Å². The number of amides is 2. The summed E-state index contributed by atoms with van der Waals surface area (Å²) in [6, 6.07) is 15.8. The van der Waals surface area contributed by atoms with Crippen LogP contribution in [0.2, 0.25) is 0 Å². The van der Waals surface area contributed by atoms with Crippen LogP contribution >= 0.6 is 0 Å². The van der Waals surface area contributed by atoms with Gasteiger partial charge in [-0.15, -0.1) is 0 Å². The Morgan fingerprint density at radius 3 is 2.18 bits per heavy atom. The number of hydrogen-bond acceptors (Lipinski definition) is 3. The zero-order chi connectivity index (χ0) is 15.8. The van der Waals surface area contributed by atoms with E-state index in [2.05, 4.69) is 15.8 Å². The van der Waals surface area contributed by atoms with Gasteiger partial charge in [-0.25, -0.2) is 15.0 Å². The third-order valence-electron chi connectivity index (χ3n) is 2.83. The number of carboxylic acid groups (broad SMARTS) is 1. The molecule has 0 aliphatic rings. The lowest BCUT2D eigenvalue weighted by atomic mass is 10.1. The van der Waals surface area contributed by atoms with Crippen molar-refractivity contribution in [1.29, 1.82) is 0 Å². The Labute approximate surface area is 127 Å². The average molecular weight is 297 g/mol. The Morgan fingerprint density at radius 2 is 1.59 bits per heavy atom. The molecule has 22 heavy (non-hydrogen) atoms. The summed E-state index contributed by atoms with van der Waals surface area (Å²) in [5.74, 6) is -1.15. The van der Waals surface area contributed by atoms with Crippen molar-refractivity contribution in [2.24, 2.45) is 5.10 Å². The molecule has 0 fully saturated rings. The highest BCUT2D eigenvalue weighted by Crippen LogP contribution is 2.12. The van der Waals surface area contributed by atoms with E-state index in [0.29, 0.717) is 5.56 Å². The number of nitrogens with one attached hydrogen (secondary N) is 2. The number of aliphatic carboxylic acids is 1. The molecule has 0 saturated heterocycles. The highest BCUT2D eigenvalue weighted by molar-refractivity contribution is 5.85. The summed E-state index contributed by atoms with van der Waals surface area (Å²) < 4.78 is 0. The van der Waals surface area contributed by atoms with Crippen molar-refractivity contribution in [3.8, 4) is 0 Å². The van der Waals surface area contributed by atoms with Crippen LogP contribution in [0.1, 0.15) is 17.2 Å². The van der Waals surface area contributed by atoms with Crippen LogP contribution in [0.25, 0.3) is 0 Å². The maximum Gasteiger partial charge on any atom is 0.336 e. The molecular formula is C16H15N3O3. The number of carboxylic acids is 1. The van der Waals surface area contributed by atoms with Gasteiger partial charge in [-0.2, -0.15) is 5.10 Å². The lowest BCUT2D eigenvalue weighted by molar-refractivity contribution is -0.139. The predicted molar refractivity (Wildman–Crippen MR) is 82.5 cm³/mol. The molecule has 2 rings (SSSR count). The molecule has 0 aliphatic heterocycles. The molecule has 0 bridgehead atoms. The van der Waals surface area contributed by atoms with Gasteiger partial charge in [0.1, 0.15) is 0 Å². The average Bonchev–Trinajstić information content (AvgIpc) is 2.54. The van der Waals surface area contributed by atoms with Gasteiger partial charge in [-0.3, -0.25) is 0 Å². The second-order valence-electron chi connectivity index (χ2n) is 4.44. The van der Waals surface area contributed by atoms with Gasteiger partial charge >= 0.3 is 12.0 Å². The van der Waals surface area contributed by atoms with Gasteiger partial charge in [0.2, 0.25) is 0 Å². The molecule has 6 heteroatoms. The molecule has 0 unspecified atom stereocenters. The Balaban J connectivity index is 1.95. The molecule has 112 valence electrons. The van der Waals surface area contributed by atoms with Gasteiger partial charge in [0.15, 0.2) is 6.04 Å². The van der Waals surface area contributed by atoms with E-state index in [4.69, 9.17) is 0 Å². The highest BCUT2D eigenvalue weighted by Gasteiger charge is 2.21. The minimum Gasteiger partial charge on any atom is -0.479 e. The molecule has 0 saturated carbocycles. The molecule has 2 amide bonds. The number of carbonyl (C=O) groups is 2. The molecule has 0 radical (unpaired) electrons. The van der Waals surface area contributed by atoms with E-state index in [1.165, 1.54) is 6.21 Å². The number of nitrogens with zero attached hydrogens (tertiary/aromatic N) is 1. The fourth-order valence-corrected chi connectivity index (χ4v) is 1.80. The van der Waals surface area contributed by atoms with Gasteiger partial charge in [0, 0.05) is 0 Å².